The molecular formula is C26H25FN2O5. The highest BCUT2D eigenvalue weighted by Gasteiger charge is 2.50. The first-order valence-electron chi connectivity index (χ1n) is 11.6. The number of fused-ring (bicyclic) bond motifs is 1. The number of benzene rings is 2. The highest BCUT2D eigenvalue weighted by molar-refractivity contribution is 6.22. The highest BCUT2D eigenvalue weighted by atomic mass is 19.1. The van der Waals surface area contributed by atoms with Crippen molar-refractivity contribution in [2.24, 2.45) is 23.7 Å². The molecule has 1 aliphatic carbocycles. The van der Waals surface area contributed by atoms with Crippen LogP contribution in [0.2, 0.25) is 0 Å². The second kappa shape index (κ2) is 8.66. The zero-order valence-corrected chi connectivity index (χ0v) is 18.8. The molecule has 3 fully saturated rings. The third-order valence-corrected chi connectivity index (χ3v) is 7.10. The Morgan fingerprint density at radius 2 is 1.56 bits per heavy atom. The number of carbonyl (C=O) groups is 4. The van der Waals surface area contributed by atoms with Crippen molar-refractivity contribution in [3.63, 3.8) is 0 Å². The lowest BCUT2D eigenvalue weighted by atomic mass is 9.76. The smallest absolute Gasteiger partial charge is 0.316 e. The van der Waals surface area contributed by atoms with Crippen molar-refractivity contribution in [2.45, 2.75) is 32.6 Å². The molecule has 2 aromatic rings. The lowest BCUT2D eigenvalue weighted by Crippen LogP contribution is -2.30. The molecule has 8 heteroatoms. The fraction of sp³-hybridized carbons (Fsp3) is 0.385. The number of rotatable bonds is 4. The van der Waals surface area contributed by atoms with Crippen LogP contribution in [0.4, 0.5) is 15.8 Å². The van der Waals surface area contributed by atoms with E-state index in [2.05, 4.69) is 6.92 Å². The molecule has 2 saturated heterocycles. The number of halogens is 1. The average molecular weight is 464 g/mol. The molecule has 0 N–H and O–H groups in total. The van der Waals surface area contributed by atoms with E-state index in [0.717, 1.165) is 19.3 Å². The van der Waals surface area contributed by atoms with Crippen LogP contribution in [0.15, 0.2) is 48.5 Å². The van der Waals surface area contributed by atoms with E-state index in [0.29, 0.717) is 17.3 Å². The minimum absolute atomic E-state index is 0.00622. The Morgan fingerprint density at radius 1 is 0.912 bits per heavy atom. The number of esters is 1. The maximum absolute atomic E-state index is 13.2. The lowest BCUT2D eigenvalue weighted by molar-refractivity contribution is -0.139. The Morgan fingerprint density at radius 3 is 2.26 bits per heavy atom. The zero-order chi connectivity index (χ0) is 24.0. The topological polar surface area (TPSA) is 84.0 Å². The minimum atomic E-state index is -0.649. The predicted octanol–water partition coefficient (Wildman–Crippen LogP) is 3.71. The van der Waals surface area contributed by atoms with Crippen LogP contribution in [0.3, 0.4) is 0 Å². The fourth-order valence-electron chi connectivity index (χ4n) is 5.24. The summed E-state index contributed by atoms with van der Waals surface area (Å²) in [6, 6.07) is 11.8. The van der Waals surface area contributed by atoms with Gasteiger partial charge in [-0.05, 0) is 73.7 Å². The van der Waals surface area contributed by atoms with Gasteiger partial charge in [-0.3, -0.25) is 24.1 Å². The van der Waals surface area contributed by atoms with Gasteiger partial charge in [0.25, 0.3) is 0 Å². The van der Waals surface area contributed by atoms with Gasteiger partial charge in [-0.15, -0.1) is 0 Å². The molecule has 2 heterocycles. The third kappa shape index (κ3) is 3.97. The van der Waals surface area contributed by atoms with Crippen LogP contribution < -0.4 is 14.5 Å². The second-order valence-corrected chi connectivity index (χ2v) is 9.44. The minimum Gasteiger partial charge on any atom is -0.426 e. The normalized spacial score (nSPS) is 26.7. The molecule has 0 aromatic heterocycles. The first-order valence-corrected chi connectivity index (χ1v) is 11.6. The monoisotopic (exact) mass is 464 g/mol. The van der Waals surface area contributed by atoms with Crippen LogP contribution in [-0.4, -0.2) is 30.2 Å². The molecule has 2 aromatic carbocycles. The number of carbonyl (C=O) groups excluding carboxylic acids is 4. The Kier molecular flexibility index (Phi) is 5.67. The maximum Gasteiger partial charge on any atom is 0.316 e. The largest absolute Gasteiger partial charge is 0.426 e. The summed E-state index contributed by atoms with van der Waals surface area (Å²) in [5.74, 6) is -1.93. The van der Waals surface area contributed by atoms with E-state index in [1.165, 1.54) is 34.1 Å². The molecule has 4 atom stereocenters. The van der Waals surface area contributed by atoms with E-state index in [4.69, 9.17) is 4.74 Å². The first kappa shape index (κ1) is 22.3. The summed E-state index contributed by atoms with van der Waals surface area (Å²) in [5.41, 5.74) is 0.997. The number of hydrogen-bond donors (Lipinski definition) is 0. The Bertz CT molecular complexity index is 1150. The molecule has 7 nitrogen and oxygen atoms in total. The zero-order valence-electron chi connectivity index (χ0n) is 18.8. The molecule has 2 aliphatic heterocycles. The van der Waals surface area contributed by atoms with E-state index in [9.17, 15) is 23.6 Å². The van der Waals surface area contributed by atoms with Gasteiger partial charge in [0, 0.05) is 18.7 Å². The molecule has 0 spiro atoms. The Labute approximate surface area is 196 Å². The van der Waals surface area contributed by atoms with Crippen molar-refractivity contribution in [1.29, 1.82) is 0 Å². The standard InChI is InChI=1S/C26H25FN2O5/c1-15-2-11-21-22(12-15)25(32)29(24(21)31)19-7-9-20(10-8-19)34-26(33)16-13-23(30)28(14-16)18-5-3-17(27)4-6-18/h3-10,15-16,21-22H,2,11-14H2,1H3/t15-,16-,21+,22+/m1/s1. The van der Waals surface area contributed by atoms with Crippen LogP contribution in [0, 0.1) is 29.5 Å². The van der Waals surface area contributed by atoms with Crippen molar-refractivity contribution in [3.8, 4) is 5.75 Å². The number of ether oxygens (including phenoxy) is 1. The van der Waals surface area contributed by atoms with E-state index in [1.54, 1.807) is 24.3 Å². The van der Waals surface area contributed by atoms with Gasteiger partial charge in [0.1, 0.15) is 11.6 Å². The molecule has 0 bridgehead atoms. The van der Waals surface area contributed by atoms with Crippen molar-refractivity contribution in [1.82, 2.24) is 0 Å². The van der Waals surface area contributed by atoms with Crippen LogP contribution in [-0.2, 0) is 19.2 Å². The summed E-state index contributed by atoms with van der Waals surface area (Å²) >= 11 is 0. The van der Waals surface area contributed by atoms with Crippen LogP contribution in [0.5, 0.6) is 5.75 Å². The Hall–Kier alpha value is -3.55. The average Bonchev–Trinajstić information content (AvgIpc) is 3.32. The SMILES string of the molecule is C[C@@H]1CC[C@@H]2C(=O)N(c3ccc(OC(=O)[C@@H]4CC(=O)N(c5ccc(F)cc5)C4)cc3)C(=O)[C@H]2C1. The van der Waals surface area contributed by atoms with Crippen LogP contribution in [0.25, 0.3) is 0 Å². The molecule has 3 amide bonds. The predicted molar refractivity (Wildman–Crippen MR) is 121 cm³/mol. The first-order chi connectivity index (χ1) is 16.3. The molecule has 3 aliphatic rings. The Balaban J connectivity index is 1.24. The molecule has 34 heavy (non-hydrogen) atoms. The summed E-state index contributed by atoms with van der Waals surface area (Å²) in [6.07, 6.45) is 2.42. The number of imide groups is 1. The summed E-state index contributed by atoms with van der Waals surface area (Å²) in [6.45, 7) is 2.26. The second-order valence-electron chi connectivity index (χ2n) is 9.44. The molecule has 0 unspecified atom stereocenters. The number of anilines is 2. The quantitative estimate of drug-likeness (QED) is 0.391. The summed E-state index contributed by atoms with van der Waals surface area (Å²) < 4.78 is 18.6. The molecule has 5 rings (SSSR count). The van der Waals surface area contributed by atoms with Crippen molar-refractivity contribution < 1.29 is 28.3 Å². The van der Waals surface area contributed by atoms with Crippen molar-refractivity contribution in [2.75, 3.05) is 16.3 Å². The van der Waals surface area contributed by atoms with E-state index >= 15 is 0 Å². The molecular weight excluding hydrogens is 439 g/mol. The van der Waals surface area contributed by atoms with Gasteiger partial charge in [-0.25, -0.2) is 4.39 Å². The van der Waals surface area contributed by atoms with Crippen LogP contribution in [0.1, 0.15) is 32.6 Å². The van der Waals surface area contributed by atoms with E-state index < -0.39 is 17.7 Å². The van der Waals surface area contributed by atoms with Gasteiger partial charge in [0.05, 0.1) is 23.4 Å². The van der Waals surface area contributed by atoms with Gasteiger partial charge in [0.15, 0.2) is 0 Å². The third-order valence-electron chi connectivity index (χ3n) is 7.10. The van der Waals surface area contributed by atoms with Gasteiger partial charge >= 0.3 is 5.97 Å². The van der Waals surface area contributed by atoms with Crippen LogP contribution >= 0.6 is 0 Å². The van der Waals surface area contributed by atoms with E-state index in [1.807, 2.05) is 0 Å². The lowest BCUT2D eigenvalue weighted by Gasteiger charge is -2.25. The molecule has 0 radical (unpaired) electrons. The maximum atomic E-state index is 13.2. The van der Waals surface area contributed by atoms with Gasteiger partial charge in [0.2, 0.25) is 17.7 Å². The number of amides is 3. The molecule has 176 valence electrons. The van der Waals surface area contributed by atoms with Gasteiger partial charge in [-0.1, -0.05) is 6.92 Å². The highest BCUT2D eigenvalue weighted by Crippen LogP contribution is 2.42. The summed E-state index contributed by atoms with van der Waals surface area (Å²) in [7, 11) is 0. The van der Waals surface area contributed by atoms with E-state index in [-0.39, 0.29) is 48.3 Å². The number of hydrogen-bond acceptors (Lipinski definition) is 5. The summed E-state index contributed by atoms with van der Waals surface area (Å²) in [5, 5.41) is 0. The van der Waals surface area contributed by atoms with Gasteiger partial charge < -0.3 is 9.64 Å². The fourth-order valence-corrected chi connectivity index (χ4v) is 5.24. The summed E-state index contributed by atoms with van der Waals surface area (Å²) in [4.78, 5) is 53.5. The van der Waals surface area contributed by atoms with Crippen molar-refractivity contribution in [3.05, 3.63) is 54.3 Å². The van der Waals surface area contributed by atoms with Crippen molar-refractivity contribution >= 4 is 35.1 Å². The van der Waals surface area contributed by atoms with Gasteiger partial charge in [-0.2, -0.15) is 0 Å². The number of nitrogens with zero attached hydrogens (tertiary/aromatic N) is 2. The molecule has 1 saturated carbocycles.